The lowest BCUT2D eigenvalue weighted by atomic mass is 9.88. The molecule has 0 aromatic carbocycles. The van der Waals surface area contributed by atoms with Gasteiger partial charge >= 0.3 is 18.4 Å². The van der Waals surface area contributed by atoms with Crippen LogP contribution in [0.5, 0.6) is 0 Å². The van der Waals surface area contributed by atoms with E-state index < -0.39 is 46.9 Å². The highest BCUT2D eigenvalue weighted by atomic mass is 35.5. The summed E-state index contributed by atoms with van der Waals surface area (Å²) in [6.45, 7) is 0.0000832. The number of amides is 2. The lowest BCUT2D eigenvalue weighted by Gasteiger charge is -2.28. The Labute approximate surface area is 184 Å². The van der Waals surface area contributed by atoms with Gasteiger partial charge in [0.15, 0.2) is 10.8 Å². The van der Waals surface area contributed by atoms with Crippen molar-refractivity contribution in [3.05, 3.63) is 46.1 Å². The van der Waals surface area contributed by atoms with Crippen LogP contribution in [0.15, 0.2) is 24.4 Å². The van der Waals surface area contributed by atoms with Crippen molar-refractivity contribution >= 4 is 46.3 Å². The van der Waals surface area contributed by atoms with Crippen LogP contribution in [0, 0.1) is 0 Å². The van der Waals surface area contributed by atoms with E-state index in [4.69, 9.17) is 23.2 Å². The molecule has 1 aliphatic rings. The molecule has 0 unspecified atom stereocenters. The minimum Gasteiger partial charge on any atom is -0.307 e. The third kappa shape index (κ3) is 3.58. The van der Waals surface area contributed by atoms with Crippen molar-refractivity contribution in [3.8, 4) is 0 Å². The zero-order valence-electron chi connectivity index (χ0n) is 15.7. The van der Waals surface area contributed by atoms with E-state index in [1.54, 1.807) is 0 Å². The molecule has 1 N–H and O–H groups in total. The van der Waals surface area contributed by atoms with E-state index in [0.29, 0.717) is 11.0 Å². The molecule has 4 rings (SSSR count). The maximum atomic E-state index is 14.1. The molecule has 4 heterocycles. The maximum absolute atomic E-state index is 14.1. The van der Waals surface area contributed by atoms with E-state index in [1.165, 1.54) is 6.07 Å². The Morgan fingerprint density at radius 3 is 2.44 bits per heavy atom. The zero-order chi connectivity index (χ0) is 23.6. The molecule has 3 aromatic rings. The van der Waals surface area contributed by atoms with Crippen LogP contribution < -0.4 is 10.2 Å². The number of fused-ring (bicyclic) bond motifs is 3. The molecule has 0 spiro atoms. The number of anilines is 2. The van der Waals surface area contributed by atoms with Gasteiger partial charge in [0.25, 0.3) is 0 Å². The number of halogens is 8. The minimum atomic E-state index is -4.85. The van der Waals surface area contributed by atoms with Crippen molar-refractivity contribution in [2.24, 2.45) is 0 Å². The second-order valence-electron chi connectivity index (χ2n) is 7.14. The molecule has 15 heteroatoms. The van der Waals surface area contributed by atoms with Crippen LogP contribution in [-0.2, 0) is 11.6 Å². The number of aromatic nitrogens is 4. The summed E-state index contributed by atoms with van der Waals surface area (Å²) >= 11 is 11.4. The number of rotatable bonds is 1. The van der Waals surface area contributed by atoms with Gasteiger partial charge in [-0.05, 0) is 19.1 Å². The molecule has 0 radical (unpaired) electrons. The molecule has 7 nitrogen and oxygen atoms in total. The summed E-state index contributed by atoms with van der Waals surface area (Å²) in [5, 5.41) is 5.29. The number of carbonyl (C=O) groups excluding carboxylic acids is 1. The van der Waals surface area contributed by atoms with Gasteiger partial charge in [-0.15, -0.1) is 0 Å². The van der Waals surface area contributed by atoms with E-state index in [0.717, 1.165) is 23.7 Å². The third-order valence-corrected chi connectivity index (χ3v) is 5.31. The molecule has 0 saturated heterocycles. The van der Waals surface area contributed by atoms with Crippen molar-refractivity contribution in [3.63, 3.8) is 0 Å². The molecule has 1 aliphatic heterocycles. The SMILES string of the molecule is C[C@@]1(C(F)(F)F)CN(C(=O)Nc2cc(Cl)nc(C(F)(F)F)c2)c2cnc3cc(Cl)nn3c21. The summed E-state index contributed by atoms with van der Waals surface area (Å²) in [7, 11) is 0. The molecule has 0 bridgehead atoms. The Morgan fingerprint density at radius 1 is 1.12 bits per heavy atom. The molecule has 0 aliphatic carbocycles. The van der Waals surface area contributed by atoms with E-state index >= 15 is 0 Å². The minimum absolute atomic E-state index is 0.0298. The average Bonchev–Trinajstić information content (AvgIpc) is 3.17. The van der Waals surface area contributed by atoms with Crippen LogP contribution >= 0.6 is 23.2 Å². The summed E-state index contributed by atoms with van der Waals surface area (Å²) in [5.74, 6) is 0. The summed E-state index contributed by atoms with van der Waals surface area (Å²) in [6.07, 6.45) is -8.62. The van der Waals surface area contributed by atoms with Gasteiger partial charge in [-0.3, -0.25) is 4.90 Å². The molecule has 0 fully saturated rings. The topological polar surface area (TPSA) is 75.4 Å². The zero-order valence-corrected chi connectivity index (χ0v) is 17.2. The number of hydrogen-bond acceptors (Lipinski definition) is 4. The summed E-state index contributed by atoms with van der Waals surface area (Å²) in [6, 6.07) is 1.56. The van der Waals surface area contributed by atoms with Gasteiger partial charge in [-0.1, -0.05) is 23.2 Å². The molecule has 3 aromatic heterocycles. The largest absolute Gasteiger partial charge is 0.433 e. The molecule has 0 saturated carbocycles. The maximum Gasteiger partial charge on any atom is 0.433 e. The summed E-state index contributed by atoms with van der Waals surface area (Å²) < 4.78 is 82.0. The molecular formula is C17H10Cl2F6N6O. The van der Waals surface area contributed by atoms with Gasteiger partial charge in [0.1, 0.15) is 16.3 Å². The Kier molecular flexibility index (Phi) is 4.97. The quantitative estimate of drug-likeness (QED) is 0.363. The first-order chi connectivity index (χ1) is 14.7. The van der Waals surface area contributed by atoms with Crippen molar-refractivity contribution in [2.75, 3.05) is 16.8 Å². The number of hydrogen-bond donors (Lipinski definition) is 1. The summed E-state index contributed by atoms with van der Waals surface area (Å²) in [4.78, 5) is 20.6. The van der Waals surface area contributed by atoms with Crippen LogP contribution in [0.1, 0.15) is 18.3 Å². The van der Waals surface area contributed by atoms with E-state index in [-0.39, 0.29) is 22.2 Å². The second-order valence-corrected chi connectivity index (χ2v) is 7.91. The molecular weight excluding hydrogens is 489 g/mol. The fourth-order valence-electron chi connectivity index (χ4n) is 3.40. The van der Waals surface area contributed by atoms with E-state index in [9.17, 15) is 31.1 Å². The monoisotopic (exact) mass is 498 g/mol. The normalized spacial score (nSPS) is 18.8. The lowest BCUT2D eigenvalue weighted by molar-refractivity contribution is -0.181. The molecule has 2 amide bonds. The highest BCUT2D eigenvalue weighted by molar-refractivity contribution is 6.30. The predicted molar refractivity (Wildman–Crippen MR) is 102 cm³/mol. The van der Waals surface area contributed by atoms with E-state index in [2.05, 4.69) is 20.4 Å². The van der Waals surface area contributed by atoms with Gasteiger partial charge in [-0.2, -0.15) is 31.4 Å². The average molecular weight is 499 g/mol. The number of pyridine rings is 1. The van der Waals surface area contributed by atoms with Gasteiger partial charge < -0.3 is 5.32 Å². The first-order valence-electron chi connectivity index (χ1n) is 8.65. The van der Waals surface area contributed by atoms with Crippen molar-refractivity contribution in [1.82, 2.24) is 19.6 Å². The number of urea groups is 1. The van der Waals surface area contributed by atoms with Crippen LogP contribution in [0.3, 0.4) is 0 Å². The van der Waals surface area contributed by atoms with Gasteiger partial charge in [0, 0.05) is 18.3 Å². The van der Waals surface area contributed by atoms with Crippen LogP contribution in [0.25, 0.3) is 5.65 Å². The third-order valence-electron chi connectivity index (χ3n) is 4.93. The van der Waals surface area contributed by atoms with Crippen molar-refractivity contribution in [2.45, 2.75) is 24.7 Å². The van der Waals surface area contributed by atoms with Gasteiger partial charge in [0.2, 0.25) is 0 Å². The predicted octanol–water partition coefficient (Wildman–Crippen LogP) is 5.32. The first kappa shape index (κ1) is 22.4. The van der Waals surface area contributed by atoms with Crippen LogP contribution in [-0.4, -0.2) is 38.3 Å². The summed E-state index contributed by atoms with van der Waals surface area (Å²) in [5.41, 5.74) is -4.94. The van der Waals surface area contributed by atoms with Crippen molar-refractivity contribution in [1.29, 1.82) is 0 Å². The Balaban J connectivity index is 1.77. The second kappa shape index (κ2) is 7.10. The number of carbonyl (C=O) groups is 1. The number of alkyl halides is 6. The standard InChI is InChI=1S/C17H10Cl2F6N6O/c1-15(17(23,24)25)6-30(8-5-26-12-4-11(19)29-31(12)13(8)15)14(32)27-7-2-9(16(20,21)22)28-10(18)3-7/h2-5H,6H2,1H3,(H,27,28,32)/t15-/m1/s1. The van der Waals surface area contributed by atoms with Crippen LogP contribution in [0.4, 0.5) is 42.5 Å². The van der Waals surface area contributed by atoms with Gasteiger partial charge in [0.05, 0.1) is 17.6 Å². The smallest absolute Gasteiger partial charge is 0.307 e. The fraction of sp³-hybridized carbons (Fsp3) is 0.294. The molecule has 1 atom stereocenters. The van der Waals surface area contributed by atoms with Gasteiger partial charge in [-0.25, -0.2) is 19.3 Å². The van der Waals surface area contributed by atoms with Crippen molar-refractivity contribution < 1.29 is 31.1 Å². The highest BCUT2D eigenvalue weighted by Gasteiger charge is 2.60. The lowest BCUT2D eigenvalue weighted by Crippen LogP contribution is -2.46. The Bertz CT molecular complexity index is 1240. The Hall–Kier alpha value is -2.80. The molecule has 170 valence electrons. The molecule has 32 heavy (non-hydrogen) atoms. The Morgan fingerprint density at radius 2 is 1.81 bits per heavy atom. The van der Waals surface area contributed by atoms with Crippen LogP contribution in [0.2, 0.25) is 10.3 Å². The van der Waals surface area contributed by atoms with E-state index in [1.807, 2.05) is 0 Å². The fourth-order valence-corrected chi connectivity index (χ4v) is 3.78. The highest BCUT2D eigenvalue weighted by Crippen LogP contribution is 2.50. The number of nitrogens with zero attached hydrogens (tertiary/aromatic N) is 5. The number of nitrogens with one attached hydrogen (secondary N) is 1. The first-order valence-corrected chi connectivity index (χ1v) is 9.41.